The first-order valence-electron chi connectivity index (χ1n) is 5.16. The van der Waals surface area contributed by atoms with Crippen LogP contribution in [0.4, 0.5) is 5.69 Å². The van der Waals surface area contributed by atoms with E-state index in [1.165, 1.54) is 6.92 Å². The Hall–Kier alpha value is -1.63. The normalized spacial score (nSPS) is 22.9. The summed E-state index contributed by atoms with van der Waals surface area (Å²) in [4.78, 5) is 11.7. The number of amides is 1. The van der Waals surface area contributed by atoms with Crippen molar-refractivity contribution in [3.8, 4) is 5.75 Å². The topological polar surface area (TPSA) is 82.0 Å². The van der Waals surface area contributed by atoms with Crippen LogP contribution in [0.5, 0.6) is 5.75 Å². The maximum Gasteiger partial charge on any atom is 0.303 e. The third kappa shape index (κ3) is 1.86. The van der Waals surface area contributed by atoms with Crippen LogP contribution in [0, 0.1) is 0 Å². The minimum atomic E-state index is -2.38. The van der Waals surface area contributed by atoms with E-state index in [4.69, 9.17) is 4.74 Å². The number of nitrogens with one attached hydrogen (secondary N) is 1. The summed E-state index contributed by atoms with van der Waals surface area (Å²) in [5.41, 5.74) is 3.21. The van der Waals surface area contributed by atoms with E-state index in [1.54, 1.807) is 31.4 Å². The molecule has 6 heteroatoms. The number of benzene rings is 1. The predicted molar refractivity (Wildman–Crippen MR) is 60.2 cm³/mol. The van der Waals surface area contributed by atoms with E-state index in [1.807, 2.05) is 0 Å². The van der Waals surface area contributed by atoms with Gasteiger partial charge in [-0.3, -0.25) is 4.79 Å². The van der Waals surface area contributed by atoms with Crippen molar-refractivity contribution in [2.45, 2.75) is 18.8 Å². The van der Waals surface area contributed by atoms with Gasteiger partial charge in [0.2, 0.25) is 0 Å². The number of hydrazine groups is 1. The minimum absolute atomic E-state index is 0.521. The second kappa shape index (κ2) is 3.99. The molecule has 1 heterocycles. The van der Waals surface area contributed by atoms with Crippen molar-refractivity contribution in [2.24, 2.45) is 0 Å². The largest absolute Gasteiger partial charge is 0.497 e. The lowest BCUT2D eigenvalue weighted by Crippen LogP contribution is -2.44. The standard InChI is InChI=1S/C11H14N2O4/c1-7-11(15,16)10(14)13(12-7)8-3-5-9(17-2)6-4-8/h3-7,12,15-16H,1-2H3. The molecule has 1 aliphatic rings. The molecule has 1 unspecified atom stereocenters. The molecule has 17 heavy (non-hydrogen) atoms. The highest BCUT2D eigenvalue weighted by Crippen LogP contribution is 2.25. The van der Waals surface area contributed by atoms with E-state index in [2.05, 4.69) is 5.43 Å². The van der Waals surface area contributed by atoms with E-state index in [0.29, 0.717) is 11.4 Å². The number of hydrogen-bond donors (Lipinski definition) is 3. The van der Waals surface area contributed by atoms with Crippen LogP contribution in [-0.4, -0.2) is 35.1 Å². The lowest BCUT2D eigenvalue weighted by atomic mass is 10.1. The van der Waals surface area contributed by atoms with Gasteiger partial charge in [-0.2, -0.15) is 0 Å². The van der Waals surface area contributed by atoms with Gasteiger partial charge < -0.3 is 14.9 Å². The van der Waals surface area contributed by atoms with Crippen molar-refractivity contribution in [1.29, 1.82) is 0 Å². The van der Waals surface area contributed by atoms with Gasteiger partial charge >= 0.3 is 5.91 Å². The number of carbonyl (C=O) groups excluding carboxylic acids is 1. The molecule has 6 nitrogen and oxygen atoms in total. The Morgan fingerprint density at radius 3 is 2.35 bits per heavy atom. The van der Waals surface area contributed by atoms with Crippen LogP contribution < -0.4 is 15.2 Å². The van der Waals surface area contributed by atoms with Crippen molar-refractivity contribution < 1.29 is 19.7 Å². The first-order chi connectivity index (χ1) is 7.96. The summed E-state index contributed by atoms with van der Waals surface area (Å²) in [5.74, 6) is -2.51. The van der Waals surface area contributed by atoms with Crippen molar-refractivity contribution in [3.05, 3.63) is 24.3 Å². The van der Waals surface area contributed by atoms with E-state index < -0.39 is 17.7 Å². The van der Waals surface area contributed by atoms with Gasteiger partial charge in [-0.1, -0.05) is 0 Å². The molecule has 1 fully saturated rings. The molecule has 1 aliphatic heterocycles. The average molecular weight is 238 g/mol. The van der Waals surface area contributed by atoms with Gasteiger partial charge in [0.25, 0.3) is 5.79 Å². The molecular formula is C11H14N2O4. The lowest BCUT2D eigenvalue weighted by Gasteiger charge is -2.16. The van der Waals surface area contributed by atoms with Gasteiger partial charge in [-0.15, -0.1) is 0 Å². The van der Waals surface area contributed by atoms with Gasteiger partial charge in [0, 0.05) is 0 Å². The number of nitrogens with zero attached hydrogens (tertiary/aromatic N) is 1. The Morgan fingerprint density at radius 2 is 1.94 bits per heavy atom. The molecule has 1 aromatic rings. The highest BCUT2D eigenvalue weighted by Gasteiger charge is 2.50. The van der Waals surface area contributed by atoms with Crippen molar-refractivity contribution in [1.82, 2.24) is 5.43 Å². The third-order valence-electron chi connectivity index (χ3n) is 2.78. The summed E-state index contributed by atoms with van der Waals surface area (Å²) >= 11 is 0. The SMILES string of the molecule is COc1ccc(N2NC(C)C(O)(O)C2=O)cc1. The number of ether oxygens (including phenoxy) is 1. The summed E-state index contributed by atoms with van der Waals surface area (Å²) in [6.07, 6.45) is 0. The molecule has 3 N–H and O–H groups in total. The zero-order valence-corrected chi connectivity index (χ0v) is 9.54. The summed E-state index contributed by atoms with van der Waals surface area (Å²) in [6.45, 7) is 1.52. The van der Waals surface area contributed by atoms with Crippen LogP contribution in [0.2, 0.25) is 0 Å². The van der Waals surface area contributed by atoms with Gasteiger partial charge in [0.1, 0.15) is 5.75 Å². The fourth-order valence-electron chi connectivity index (χ4n) is 1.62. The van der Waals surface area contributed by atoms with E-state index in [0.717, 1.165) is 5.01 Å². The Morgan fingerprint density at radius 1 is 1.35 bits per heavy atom. The maximum atomic E-state index is 11.7. The maximum absolute atomic E-state index is 11.7. The first-order valence-corrected chi connectivity index (χ1v) is 5.16. The second-order valence-electron chi connectivity index (χ2n) is 3.92. The third-order valence-corrected chi connectivity index (χ3v) is 2.78. The van der Waals surface area contributed by atoms with Gasteiger partial charge in [0.15, 0.2) is 0 Å². The molecule has 2 rings (SSSR count). The molecule has 0 aromatic heterocycles. The monoisotopic (exact) mass is 238 g/mol. The number of rotatable bonds is 2. The van der Waals surface area contributed by atoms with Crippen LogP contribution in [-0.2, 0) is 4.79 Å². The van der Waals surface area contributed by atoms with Gasteiger partial charge in [0.05, 0.1) is 18.8 Å². The number of methoxy groups -OCH3 is 1. The van der Waals surface area contributed by atoms with Crippen LogP contribution in [0.3, 0.4) is 0 Å². The fraction of sp³-hybridized carbons (Fsp3) is 0.364. The molecule has 0 saturated carbocycles. The van der Waals surface area contributed by atoms with Crippen molar-refractivity contribution in [3.63, 3.8) is 0 Å². The van der Waals surface area contributed by atoms with Crippen LogP contribution in [0.15, 0.2) is 24.3 Å². The molecule has 0 aliphatic carbocycles. The Balaban J connectivity index is 2.27. The first kappa shape index (κ1) is 11.8. The molecule has 1 atom stereocenters. The molecule has 0 radical (unpaired) electrons. The quantitative estimate of drug-likeness (QED) is 0.612. The summed E-state index contributed by atoms with van der Waals surface area (Å²) in [6, 6.07) is 5.90. The predicted octanol–water partition coefficient (Wildman–Crippen LogP) is -0.384. The lowest BCUT2D eigenvalue weighted by molar-refractivity contribution is -0.179. The minimum Gasteiger partial charge on any atom is -0.497 e. The van der Waals surface area contributed by atoms with Crippen LogP contribution in [0.1, 0.15) is 6.92 Å². The second-order valence-corrected chi connectivity index (χ2v) is 3.92. The summed E-state index contributed by atoms with van der Waals surface area (Å²) in [5, 5.41) is 20.2. The number of carbonyl (C=O) groups is 1. The molecule has 0 spiro atoms. The zero-order valence-electron chi connectivity index (χ0n) is 9.54. The van der Waals surface area contributed by atoms with E-state index >= 15 is 0 Å². The zero-order chi connectivity index (χ0) is 12.6. The molecule has 1 amide bonds. The number of hydrogen-bond acceptors (Lipinski definition) is 5. The smallest absolute Gasteiger partial charge is 0.303 e. The molecular weight excluding hydrogens is 224 g/mol. The Bertz CT molecular complexity index is 430. The molecule has 0 bridgehead atoms. The van der Waals surface area contributed by atoms with E-state index in [-0.39, 0.29) is 0 Å². The summed E-state index contributed by atoms with van der Waals surface area (Å²) in [7, 11) is 1.54. The van der Waals surface area contributed by atoms with Gasteiger partial charge in [-0.05, 0) is 31.2 Å². The highest BCUT2D eigenvalue weighted by atomic mass is 16.5. The number of aliphatic hydroxyl groups is 2. The number of anilines is 1. The molecule has 1 saturated heterocycles. The Kier molecular flexibility index (Phi) is 2.78. The summed E-state index contributed by atoms with van der Waals surface area (Å²) < 4.78 is 5.00. The fourth-order valence-corrected chi connectivity index (χ4v) is 1.62. The van der Waals surface area contributed by atoms with Crippen molar-refractivity contribution in [2.75, 3.05) is 12.1 Å². The Labute approximate surface area is 98.4 Å². The van der Waals surface area contributed by atoms with Crippen molar-refractivity contribution >= 4 is 11.6 Å². The molecule has 1 aromatic carbocycles. The average Bonchev–Trinajstić information content (AvgIpc) is 2.53. The highest BCUT2D eigenvalue weighted by molar-refractivity contribution is 6.00. The van der Waals surface area contributed by atoms with Gasteiger partial charge in [-0.25, -0.2) is 10.4 Å². The van der Waals surface area contributed by atoms with Crippen LogP contribution >= 0.6 is 0 Å². The van der Waals surface area contributed by atoms with E-state index in [9.17, 15) is 15.0 Å². The molecule has 92 valence electrons. The van der Waals surface area contributed by atoms with Crippen LogP contribution in [0.25, 0.3) is 0 Å².